The number of nitrogens with one attached hydrogen (secondary N) is 1. The molecule has 0 aromatic rings. The average molecular weight is 276 g/mol. The third-order valence-electron chi connectivity index (χ3n) is 4.03. The van der Waals surface area contributed by atoms with Crippen molar-refractivity contribution < 1.29 is 8.42 Å². The number of nitrogens with two attached hydrogens (primary N) is 1. The van der Waals surface area contributed by atoms with E-state index in [4.69, 9.17) is 5.84 Å². The lowest BCUT2D eigenvalue weighted by Gasteiger charge is -2.26. The van der Waals surface area contributed by atoms with Gasteiger partial charge in [0.15, 0.2) is 0 Å². The maximum atomic E-state index is 11.4. The van der Waals surface area contributed by atoms with Crippen LogP contribution in [0.3, 0.4) is 0 Å². The lowest BCUT2D eigenvalue weighted by molar-refractivity contribution is 0.291. The van der Waals surface area contributed by atoms with Gasteiger partial charge in [-0.05, 0) is 25.2 Å². The highest BCUT2D eigenvalue weighted by molar-refractivity contribution is 7.91. The van der Waals surface area contributed by atoms with Crippen LogP contribution in [-0.4, -0.2) is 26.0 Å². The summed E-state index contributed by atoms with van der Waals surface area (Å²) in [6.07, 6.45) is 9.36. The van der Waals surface area contributed by atoms with Gasteiger partial charge in [-0.1, -0.05) is 39.0 Å². The molecule has 1 aliphatic carbocycles. The van der Waals surface area contributed by atoms with Gasteiger partial charge < -0.3 is 0 Å². The summed E-state index contributed by atoms with van der Waals surface area (Å²) in [7, 11) is -2.83. The molecule has 0 radical (unpaired) electrons. The third kappa shape index (κ3) is 6.16. The predicted molar refractivity (Wildman–Crippen MR) is 75.9 cm³/mol. The summed E-state index contributed by atoms with van der Waals surface area (Å²) in [4.78, 5) is 0. The highest BCUT2D eigenvalue weighted by Gasteiger charge is 2.18. The molecule has 1 rings (SSSR count). The van der Waals surface area contributed by atoms with Gasteiger partial charge in [0.25, 0.3) is 0 Å². The molecule has 18 heavy (non-hydrogen) atoms. The van der Waals surface area contributed by atoms with Crippen molar-refractivity contribution in [2.75, 3.05) is 11.5 Å². The smallest absolute Gasteiger partial charge is 0.150 e. The van der Waals surface area contributed by atoms with Crippen molar-refractivity contribution in [1.29, 1.82) is 0 Å². The van der Waals surface area contributed by atoms with Gasteiger partial charge in [-0.15, -0.1) is 0 Å². The Balaban J connectivity index is 2.24. The molecule has 3 N–H and O–H groups in total. The van der Waals surface area contributed by atoms with Crippen LogP contribution in [0, 0.1) is 5.92 Å². The number of rotatable bonds is 8. The van der Waals surface area contributed by atoms with Gasteiger partial charge in [0.2, 0.25) is 0 Å². The minimum absolute atomic E-state index is 0.246. The summed E-state index contributed by atoms with van der Waals surface area (Å²) in [6.45, 7) is 1.70. The molecule has 0 spiro atoms. The van der Waals surface area contributed by atoms with Crippen molar-refractivity contribution in [2.45, 2.75) is 64.3 Å². The minimum Gasteiger partial charge on any atom is -0.271 e. The van der Waals surface area contributed by atoms with Crippen molar-refractivity contribution in [3.8, 4) is 0 Å². The second-order valence-corrected chi connectivity index (χ2v) is 7.95. The fourth-order valence-corrected chi connectivity index (χ4v) is 3.68. The Labute approximate surface area is 112 Å². The molecule has 4 nitrogen and oxygen atoms in total. The van der Waals surface area contributed by atoms with E-state index in [2.05, 4.69) is 5.43 Å². The van der Waals surface area contributed by atoms with E-state index in [9.17, 15) is 8.42 Å². The average Bonchev–Trinajstić information content (AvgIpc) is 2.38. The monoisotopic (exact) mass is 276 g/mol. The van der Waals surface area contributed by atoms with E-state index in [1.54, 1.807) is 6.92 Å². The first kappa shape index (κ1) is 15.9. The van der Waals surface area contributed by atoms with Crippen LogP contribution in [0.2, 0.25) is 0 Å². The fourth-order valence-electron chi connectivity index (χ4n) is 2.79. The first-order valence-corrected chi connectivity index (χ1v) is 9.06. The molecule has 1 fully saturated rings. The first-order valence-electron chi connectivity index (χ1n) is 7.24. The van der Waals surface area contributed by atoms with Crippen LogP contribution in [0.5, 0.6) is 0 Å². The molecule has 0 bridgehead atoms. The highest BCUT2D eigenvalue weighted by atomic mass is 32.2. The lowest BCUT2D eigenvalue weighted by Crippen LogP contribution is -2.37. The van der Waals surface area contributed by atoms with E-state index in [1.165, 1.54) is 32.1 Å². The SMILES string of the molecule is CCS(=O)(=O)CCCC(CC1CCCCC1)NN. The zero-order valence-corrected chi connectivity index (χ0v) is 12.3. The fraction of sp³-hybridized carbons (Fsp3) is 1.00. The Morgan fingerprint density at radius 3 is 2.50 bits per heavy atom. The topological polar surface area (TPSA) is 72.2 Å². The Hall–Kier alpha value is -0.130. The molecule has 1 aliphatic rings. The van der Waals surface area contributed by atoms with Crippen molar-refractivity contribution >= 4 is 9.84 Å². The van der Waals surface area contributed by atoms with Gasteiger partial charge in [-0.25, -0.2) is 8.42 Å². The van der Waals surface area contributed by atoms with E-state index in [0.29, 0.717) is 5.75 Å². The summed E-state index contributed by atoms with van der Waals surface area (Å²) in [5.41, 5.74) is 2.86. The molecule has 0 aromatic heterocycles. The molecule has 0 aromatic carbocycles. The maximum Gasteiger partial charge on any atom is 0.150 e. The van der Waals surface area contributed by atoms with Gasteiger partial charge in [-0.3, -0.25) is 11.3 Å². The lowest BCUT2D eigenvalue weighted by atomic mass is 9.84. The van der Waals surface area contributed by atoms with Gasteiger partial charge in [0.1, 0.15) is 9.84 Å². The number of sulfone groups is 1. The molecule has 1 unspecified atom stereocenters. The Morgan fingerprint density at radius 2 is 1.94 bits per heavy atom. The molecule has 108 valence electrons. The zero-order chi connectivity index (χ0) is 13.4. The Morgan fingerprint density at radius 1 is 1.28 bits per heavy atom. The van der Waals surface area contributed by atoms with Crippen molar-refractivity contribution in [1.82, 2.24) is 5.43 Å². The zero-order valence-electron chi connectivity index (χ0n) is 11.5. The van der Waals surface area contributed by atoms with Gasteiger partial charge >= 0.3 is 0 Å². The van der Waals surface area contributed by atoms with Crippen LogP contribution in [0.15, 0.2) is 0 Å². The quantitative estimate of drug-likeness (QED) is 0.525. The Bertz CT molecular complexity index is 311. The Kier molecular flexibility index (Phi) is 7.19. The van der Waals surface area contributed by atoms with E-state index in [-0.39, 0.29) is 11.8 Å². The standard InChI is InChI=1S/C13H28N2O2S/c1-2-18(16,17)10-6-9-13(15-14)11-12-7-4-3-5-8-12/h12-13,15H,2-11,14H2,1H3. The normalized spacial score (nSPS) is 19.9. The summed E-state index contributed by atoms with van der Waals surface area (Å²) < 4.78 is 22.8. The molecule has 0 saturated heterocycles. The maximum absolute atomic E-state index is 11.4. The molecule has 0 amide bonds. The van der Waals surface area contributed by atoms with E-state index < -0.39 is 9.84 Å². The highest BCUT2D eigenvalue weighted by Crippen LogP contribution is 2.28. The van der Waals surface area contributed by atoms with Crippen LogP contribution < -0.4 is 11.3 Å². The van der Waals surface area contributed by atoms with Crippen LogP contribution in [0.25, 0.3) is 0 Å². The van der Waals surface area contributed by atoms with Crippen LogP contribution in [-0.2, 0) is 9.84 Å². The minimum atomic E-state index is -2.83. The summed E-state index contributed by atoms with van der Waals surface area (Å²) in [6, 6.07) is 0.278. The van der Waals surface area contributed by atoms with Crippen molar-refractivity contribution in [3.63, 3.8) is 0 Å². The second kappa shape index (κ2) is 8.12. The molecule has 0 heterocycles. The van der Waals surface area contributed by atoms with Crippen molar-refractivity contribution in [3.05, 3.63) is 0 Å². The molecule has 1 atom stereocenters. The summed E-state index contributed by atoms with van der Waals surface area (Å²) in [5, 5.41) is 0. The van der Waals surface area contributed by atoms with Gasteiger partial charge in [0.05, 0.1) is 5.75 Å². The number of hydrazine groups is 1. The molecular weight excluding hydrogens is 248 g/mol. The molecule has 5 heteroatoms. The van der Waals surface area contributed by atoms with Crippen LogP contribution in [0.4, 0.5) is 0 Å². The van der Waals surface area contributed by atoms with Crippen LogP contribution >= 0.6 is 0 Å². The van der Waals surface area contributed by atoms with Crippen LogP contribution in [0.1, 0.15) is 58.3 Å². The van der Waals surface area contributed by atoms with Gasteiger partial charge in [-0.2, -0.15) is 0 Å². The van der Waals surface area contributed by atoms with E-state index in [0.717, 1.165) is 25.2 Å². The first-order chi connectivity index (χ1) is 8.57. The van der Waals surface area contributed by atoms with Gasteiger partial charge in [0, 0.05) is 11.8 Å². The summed E-state index contributed by atoms with van der Waals surface area (Å²) >= 11 is 0. The second-order valence-electron chi connectivity index (χ2n) is 5.48. The third-order valence-corrected chi connectivity index (χ3v) is 5.82. The largest absolute Gasteiger partial charge is 0.271 e. The van der Waals surface area contributed by atoms with E-state index >= 15 is 0 Å². The summed E-state index contributed by atoms with van der Waals surface area (Å²) in [5.74, 6) is 6.90. The number of hydrogen-bond donors (Lipinski definition) is 2. The molecule has 0 aliphatic heterocycles. The van der Waals surface area contributed by atoms with E-state index in [1.807, 2.05) is 0 Å². The number of hydrogen-bond acceptors (Lipinski definition) is 4. The predicted octanol–water partition coefficient (Wildman–Crippen LogP) is 2.00. The molecule has 1 saturated carbocycles. The molecular formula is C13H28N2O2S. The van der Waals surface area contributed by atoms with Crippen molar-refractivity contribution in [2.24, 2.45) is 11.8 Å².